The molecule has 0 aromatic rings. The third-order valence-electron chi connectivity index (χ3n) is 2.54. The lowest BCUT2D eigenvalue weighted by Gasteiger charge is -2.33. The quantitative estimate of drug-likeness (QED) is 0.673. The van der Waals surface area contributed by atoms with Gasteiger partial charge in [-0.25, -0.2) is 0 Å². The van der Waals surface area contributed by atoms with Crippen molar-refractivity contribution in [2.45, 2.75) is 53.4 Å². The summed E-state index contributed by atoms with van der Waals surface area (Å²) >= 11 is 0. The Morgan fingerprint density at radius 2 is 2.00 bits per heavy atom. The highest BCUT2D eigenvalue weighted by Crippen LogP contribution is 2.30. The van der Waals surface area contributed by atoms with E-state index in [9.17, 15) is 0 Å². The van der Waals surface area contributed by atoms with Crippen LogP contribution in [-0.2, 0) is 0 Å². The molecule has 1 heteroatoms. The Bertz CT molecular complexity index is 87.7. The van der Waals surface area contributed by atoms with Crippen LogP contribution in [0.3, 0.4) is 0 Å². The van der Waals surface area contributed by atoms with Crippen LogP contribution in [-0.4, -0.2) is 13.1 Å². The van der Waals surface area contributed by atoms with Crippen molar-refractivity contribution in [2.24, 2.45) is 5.41 Å². The maximum atomic E-state index is 3.46. The van der Waals surface area contributed by atoms with Crippen molar-refractivity contribution >= 4 is 0 Å². The van der Waals surface area contributed by atoms with Gasteiger partial charge in [-0.05, 0) is 31.2 Å². The zero-order chi connectivity index (χ0) is 9.45. The molecule has 1 fully saturated rings. The molecule has 1 atom stereocenters. The monoisotopic (exact) mass is 171 g/mol. The van der Waals surface area contributed by atoms with Gasteiger partial charge < -0.3 is 5.32 Å². The van der Waals surface area contributed by atoms with Crippen LogP contribution in [0.25, 0.3) is 0 Å². The van der Waals surface area contributed by atoms with E-state index in [4.69, 9.17) is 0 Å². The van der Waals surface area contributed by atoms with Crippen LogP contribution in [0, 0.1) is 5.41 Å². The molecule has 1 aliphatic heterocycles. The molecule has 1 heterocycles. The average Bonchev–Trinajstić information content (AvgIpc) is 2.09. The molecule has 1 saturated heterocycles. The highest BCUT2D eigenvalue weighted by molar-refractivity contribution is 4.80. The minimum Gasteiger partial charge on any atom is -0.316 e. The topological polar surface area (TPSA) is 12.0 Å². The minimum absolute atomic E-state index is 0.618. The predicted octanol–water partition coefficient (Wildman–Crippen LogP) is 3.20. The van der Waals surface area contributed by atoms with Gasteiger partial charge in [-0.15, -0.1) is 0 Å². The van der Waals surface area contributed by atoms with E-state index in [0.29, 0.717) is 5.41 Å². The van der Waals surface area contributed by atoms with Crippen molar-refractivity contribution in [1.29, 1.82) is 0 Å². The Hall–Kier alpha value is -0.0400. The Labute approximate surface area is 77.9 Å². The third kappa shape index (κ3) is 4.10. The molecule has 1 rings (SSSR count). The van der Waals surface area contributed by atoms with Gasteiger partial charge in [-0.3, -0.25) is 0 Å². The van der Waals surface area contributed by atoms with Gasteiger partial charge in [0.05, 0.1) is 0 Å². The average molecular weight is 171 g/mol. The summed E-state index contributed by atoms with van der Waals surface area (Å²) in [6.45, 7) is 11.2. The molecule has 1 N–H and O–H groups in total. The van der Waals surface area contributed by atoms with Gasteiger partial charge in [-0.2, -0.15) is 0 Å². The number of hydrogen-bond acceptors (Lipinski definition) is 1. The third-order valence-corrected chi connectivity index (χ3v) is 2.54. The summed E-state index contributed by atoms with van der Waals surface area (Å²) < 4.78 is 0. The molecular weight excluding hydrogens is 146 g/mol. The molecule has 0 saturated carbocycles. The van der Waals surface area contributed by atoms with E-state index < -0.39 is 0 Å². The van der Waals surface area contributed by atoms with Crippen LogP contribution >= 0.6 is 0 Å². The summed E-state index contributed by atoms with van der Waals surface area (Å²) in [6.07, 6.45) is 5.52. The first kappa shape index (κ1) is 12.0. The maximum absolute atomic E-state index is 3.46. The van der Waals surface area contributed by atoms with Crippen LogP contribution in [0.4, 0.5) is 0 Å². The van der Waals surface area contributed by atoms with E-state index in [-0.39, 0.29) is 0 Å². The van der Waals surface area contributed by atoms with Gasteiger partial charge in [0.25, 0.3) is 0 Å². The second-order valence-electron chi connectivity index (χ2n) is 3.84. The van der Waals surface area contributed by atoms with E-state index in [2.05, 4.69) is 19.2 Å². The molecule has 0 bridgehead atoms. The first-order chi connectivity index (χ1) is 5.77. The Morgan fingerprint density at radius 1 is 1.33 bits per heavy atom. The second kappa shape index (κ2) is 6.47. The van der Waals surface area contributed by atoms with E-state index in [1.807, 2.05) is 13.8 Å². The molecular formula is C11H25N. The SMILES string of the molecule is CC.CCCC1(C)CCCNC1. The van der Waals surface area contributed by atoms with Crippen LogP contribution in [0.1, 0.15) is 53.4 Å². The number of rotatable bonds is 2. The molecule has 1 aliphatic rings. The lowest BCUT2D eigenvalue weighted by Crippen LogP contribution is -2.37. The summed E-state index contributed by atoms with van der Waals surface area (Å²) in [5.74, 6) is 0. The second-order valence-corrected chi connectivity index (χ2v) is 3.84. The lowest BCUT2D eigenvalue weighted by atomic mass is 9.79. The maximum Gasteiger partial charge on any atom is 0.000517 e. The Balaban J connectivity index is 0.000000561. The van der Waals surface area contributed by atoms with Gasteiger partial charge in [0.2, 0.25) is 0 Å². The van der Waals surface area contributed by atoms with Gasteiger partial charge >= 0.3 is 0 Å². The lowest BCUT2D eigenvalue weighted by molar-refractivity contribution is 0.216. The summed E-state index contributed by atoms with van der Waals surface area (Å²) in [4.78, 5) is 0. The largest absolute Gasteiger partial charge is 0.316 e. The molecule has 0 radical (unpaired) electrons. The molecule has 0 aliphatic carbocycles. The molecule has 0 aromatic carbocycles. The van der Waals surface area contributed by atoms with Crippen LogP contribution in [0.2, 0.25) is 0 Å². The predicted molar refractivity (Wildman–Crippen MR) is 56.5 cm³/mol. The van der Waals surface area contributed by atoms with Crippen molar-refractivity contribution in [3.63, 3.8) is 0 Å². The summed E-state index contributed by atoms with van der Waals surface area (Å²) in [5.41, 5.74) is 0.618. The first-order valence-corrected chi connectivity index (χ1v) is 5.47. The van der Waals surface area contributed by atoms with E-state index in [1.165, 1.54) is 38.8 Å². The zero-order valence-corrected chi connectivity index (χ0v) is 9.24. The van der Waals surface area contributed by atoms with Gasteiger partial charge in [0, 0.05) is 6.54 Å². The standard InChI is InChI=1S/C9H19N.C2H6/c1-3-5-9(2)6-4-7-10-8-9;1-2/h10H,3-8H2,1-2H3;1-2H3. The van der Waals surface area contributed by atoms with Crippen molar-refractivity contribution in [2.75, 3.05) is 13.1 Å². The fourth-order valence-electron chi connectivity index (χ4n) is 1.94. The number of piperidine rings is 1. The van der Waals surface area contributed by atoms with Crippen LogP contribution < -0.4 is 5.32 Å². The van der Waals surface area contributed by atoms with E-state index >= 15 is 0 Å². The smallest absolute Gasteiger partial charge is 0.000517 e. The summed E-state index contributed by atoms with van der Waals surface area (Å²) in [5, 5.41) is 3.46. The molecule has 0 aromatic heterocycles. The van der Waals surface area contributed by atoms with Gasteiger partial charge in [-0.1, -0.05) is 34.1 Å². The Kier molecular flexibility index (Phi) is 6.45. The molecule has 0 spiro atoms. The summed E-state index contributed by atoms with van der Waals surface area (Å²) in [7, 11) is 0. The van der Waals surface area contributed by atoms with Gasteiger partial charge in [0.15, 0.2) is 0 Å². The molecule has 0 amide bonds. The van der Waals surface area contributed by atoms with Crippen LogP contribution in [0.15, 0.2) is 0 Å². The van der Waals surface area contributed by atoms with Crippen molar-refractivity contribution in [1.82, 2.24) is 5.32 Å². The molecule has 1 unspecified atom stereocenters. The molecule has 12 heavy (non-hydrogen) atoms. The Morgan fingerprint density at radius 3 is 2.42 bits per heavy atom. The minimum atomic E-state index is 0.618. The highest BCUT2D eigenvalue weighted by atomic mass is 14.9. The normalized spacial score (nSPS) is 29.0. The van der Waals surface area contributed by atoms with E-state index in [0.717, 1.165) is 0 Å². The molecule has 74 valence electrons. The fourth-order valence-corrected chi connectivity index (χ4v) is 1.94. The van der Waals surface area contributed by atoms with Crippen molar-refractivity contribution < 1.29 is 0 Å². The number of nitrogens with one attached hydrogen (secondary N) is 1. The fraction of sp³-hybridized carbons (Fsp3) is 1.00. The number of hydrogen-bond donors (Lipinski definition) is 1. The van der Waals surface area contributed by atoms with Gasteiger partial charge in [0.1, 0.15) is 0 Å². The van der Waals surface area contributed by atoms with E-state index in [1.54, 1.807) is 0 Å². The first-order valence-electron chi connectivity index (χ1n) is 5.47. The van der Waals surface area contributed by atoms with Crippen LogP contribution in [0.5, 0.6) is 0 Å². The zero-order valence-electron chi connectivity index (χ0n) is 9.24. The van der Waals surface area contributed by atoms with Crippen molar-refractivity contribution in [3.8, 4) is 0 Å². The highest BCUT2D eigenvalue weighted by Gasteiger charge is 2.24. The van der Waals surface area contributed by atoms with Crippen molar-refractivity contribution in [3.05, 3.63) is 0 Å². The summed E-state index contributed by atoms with van der Waals surface area (Å²) in [6, 6.07) is 0. The molecule has 1 nitrogen and oxygen atoms in total.